The standard InChI is InChI=1S/C14H28O3/c1-3-5-6-7-8-9-10-11-12-13(4-2)14(15)17-16/h13,16H,3-12H2,1-2H3. The molecule has 1 atom stereocenters. The van der Waals surface area contributed by atoms with Gasteiger partial charge in [0, 0.05) is 0 Å². The lowest BCUT2D eigenvalue weighted by atomic mass is 9.98. The van der Waals surface area contributed by atoms with E-state index in [-0.39, 0.29) is 5.92 Å². The first-order chi connectivity index (χ1) is 8.26. The molecule has 1 unspecified atom stereocenters. The maximum absolute atomic E-state index is 11.1. The summed E-state index contributed by atoms with van der Waals surface area (Å²) in [6, 6.07) is 0. The number of carbonyl (C=O) groups excluding carboxylic acids is 1. The molecule has 0 aliphatic heterocycles. The summed E-state index contributed by atoms with van der Waals surface area (Å²) in [4.78, 5) is 14.9. The molecule has 0 amide bonds. The fourth-order valence-corrected chi connectivity index (χ4v) is 2.09. The van der Waals surface area contributed by atoms with Gasteiger partial charge in [0.1, 0.15) is 0 Å². The van der Waals surface area contributed by atoms with Crippen molar-refractivity contribution < 1.29 is 14.9 Å². The Kier molecular flexibility index (Phi) is 11.5. The Morgan fingerprint density at radius 3 is 2.00 bits per heavy atom. The van der Waals surface area contributed by atoms with Gasteiger partial charge in [-0.25, -0.2) is 4.79 Å². The van der Waals surface area contributed by atoms with Gasteiger partial charge in [-0.1, -0.05) is 65.2 Å². The first-order valence-corrected chi connectivity index (χ1v) is 7.11. The van der Waals surface area contributed by atoms with E-state index in [1.165, 1.54) is 44.9 Å². The topological polar surface area (TPSA) is 46.5 Å². The van der Waals surface area contributed by atoms with Gasteiger partial charge in [-0.3, -0.25) is 0 Å². The summed E-state index contributed by atoms with van der Waals surface area (Å²) >= 11 is 0. The van der Waals surface area contributed by atoms with E-state index < -0.39 is 5.97 Å². The lowest BCUT2D eigenvalue weighted by molar-refractivity contribution is -0.239. The molecule has 17 heavy (non-hydrogen) atoms. The minimum absolute atomic E-state index is 0.125. The van der Waals surface area contributed by atoms with E-state index in [9.17, 15) is 4.79 Å². The SMILES string of the molecule is CCCCCCCCCCC(CC)C(=O)OO. The summed E-state index contributed by atoms with van der Waals surface area (Å²) in [6.07, 6.45) is 11.7. The Labute approximate surface area is 105 Å². The second-order valence-corrected chi connectivity index (χ2v) is 4.78. The average molecular weight is 244 g/mol. The van der Waals surface area contributed by atoms with Crippen LogP contribution < -0.4 is 0 Å². The third-order valence-electron chi connectivity index (χ3n) is 3.32. The third kappa shape index (κ3) is 9.16. The predicted molar refractivity (Wildman–Crippen MR) is 69.7 cm³/mol. The Morgan fingerprint density at radius 2 is 1.53 bits per heavy atom. The molecule has 3 heteroatoms. The highest BCUT2D eigenvalue weighted by molar-refractivity contribution is 5.71. The van der Waals surface area contributed by atoms with Gasteiger partial charge in [0.25, 0.3) is 0 Å². The second-order valence-electron chi connectivity index (χ2n) is 4.78. The Hall–Kier alpha value is -0.570. The molecule has 0 heterocycles. The monoisotopic (exact) mass is 244 g/mol. The van der Waals surface area contributed by atoms with Crippen molar-refractivity contribution in [2.24, 2.45) is 5.92 Å². The molecule has 102 valence electrons. The largest absolute Gasteiger partial charge is 0.345 e. The highest BCUT2D eigenvalue weighted by atomic mass is 17.1. The van der Waals surface area contributed by atoms with Crippen molar-refractivity contribution >= 4 is 5.97 Å². The predicted octanol–water partition coefficient (Wildman–Crippen LogP) is 4.56. The minimum atomic E-state index is -0.476. The summed E-state index contributed by atoms with van der Waals surface area (Å²) in [5.74, 6) is -0.601. The summed E-state index contributed by atoms with van der Waals surface area (Å²) < 4.78 is 0. The lowest BCUT2D eigenvalue weighted by Crippen LogP contribution is -2.15. The number of carbonyl (C=O) groups is 1. The molecule has 0 fully saturated rings. The molecule has 0 spiro atoms. The van der Waals surface area contributed by atoms with Gasteiger partial charge in [-0.15, -0.1) is 0 Å². The van der Waals surface area contributed by atoms with Crippen LogP contribution in [0.4, 0.5) is 0 Å². The Bertz CT molecular complexity index is 180. The van der Waals surface area contributed by atoms with Crippen molar-refractivity contribution in [2.75, 3.05) is 0 Å². The number of hydrogen-bond donors (Lipinski definition) is 1. The van der Waals surface area contributed by atoms with E-state index in [1.54, 1.807) is 0 Å². The smallest absolute Gasteiger partial charge is 0.301 e. The zero-order valence-corrected chi connectivity index (χ0v) is 11.4. The lowest BCUT2D eigenvalue weighted by Gasteiger charge is -2.10. The van der Waals surface area contributed by atoms with Crippen LogP contribution >= 0.6 is 0 Å². The third-order valence-corrected chi connectivity index (χ3v) is 3.32. The van der Waals surface area contributed by atoms with E-state index in [0.29, 0.717) is 0 Å². The summed E-state index contributed by atoms with van der Waals surface area (Å²) in [5.41, 5.74) is 0. The van der Waals surface area contributed by atoms with Gasteiger partial charge < -0.3 is 4.89 Å². The van der Waals surface area contributed by atoms with Gasteiger partial charge in [0.2, 0.25) is 0 Å². The molecule has 0 aromatic heterocycles. The van der Waals surface area contributed by atoms with E-state index >= 15 is 0 Å². The van der Waals surface area contributed by atoms with Crippen molar-refractivity contribution in [3.8, 4) is 0 Å². The molecule has 0 bridgehead atoms. The molecule has 0 radical (unpaired) electrons. The van der Waals surface area contributed by atoms with Crippen LogP contribution in [0.15, 0.2) is 0 Å². The van der Waals surface area contributed by atoms with Gasteiger partial charge in [0.05, 0.1) is 5.92 Å². The molecule has 0 rings (SSSR count). The summed E-state index contributed by atoms with van der Waals surface area (Å²) in [6.45, 7) is 4.18. The molecule has 0 aromatic carbocycles. The van der Waals surface area contributed by atoms with Gasteiger partial charge in [-0.05, 0) is 12.8 Å². The van der Waals surface area contributed by atoms with Crippen LogP contribution in [0.5, 0.6) is 0 Å². The molecule has 0 saturated carbocycles. The Balaban J connectivity index is 3.34. The molecule has 3 nitrogen and oxygen atoms in total. The average Bonchev–Trinajstić information content (AvgIpc) is 2.36. The van der Waals surface area contributed by atoms with Crippen molar-refractivity contribution in [2.45, 2.75) is 78.1 Å². The number of rotatable bonds is 11. The second kappa shape index (κ2) is 11.9. The summed E-state index contributed by atoms with van der Waals surface area (Å²) in [5, 5.41) is 8.31. The highest BCUT2D eigenvalue weighted by Gasteiger charge is 2.17. The normalized spacial score (nSPS) is 12.4. The molecular formula is C14H28O3. The van der Waals surface area contributed by atoms with Crippen molar-refractivity contribution in [3.63, 3.8) is 0 Å². The van der Waals surface area contributed by atoms with Crippen LogP contribution in [0, 0.1) is 5.92 Å². The Morgan fingerprint density at radius 1 is 1.00 bits per heavy atom. The maximum atomic E-state index is 11.1. The summed E-state index contributed by atoms with van der Waals surface area (Å²) in [7, 11) is 0. The molecular weight excluding hydrogens is 216 g/mol. The van der Waals surface area contributed by atoms with Crippen LogP contribution in [0.3, 0.4) is 0 Å². The van der Waals surface area contributed by atoms with Crippen LogP contribution in [0.2, 0.25) is 0 Å². The van der Waals surface area contributed by atoms with Gasteiger partial charge in [0.15, 0.2) is 0 Å². The van der Waals surface area contributed by atoms with Crippen molar-refractivity contribution in [1.29, 1.82) is 0 Å². The maximum Gasteiger partial charge on any atom is 0.345 e. The van der Waals surface area contributed by atoms with Crippen LogP contribution in [-0.2, 0) is 9.68 Å². The van der Waals surface area contributed by atoms with Crippen molar-refractivity contribution in [1.82, 2.24) is 0 Å². The first kappa shape index (κ1) is 16.4. The molecule has 1 N–H and O–H groups in total. The quantitative estimate of drug-likeness (QED) is 0.329. The fourth-order valence-electron chi connectivity index (χ4n) is 2.09. The highest BCUT2D eigenvalue weighted by Crippen LogP contribution is 2.16. The minimum Gasteiger partial charge on any atom is -0.301 e. The fraction of sp³-hybridized carbons (Fsp3) is 0.929. The van der Waals surface area contributed by atoms with Crippen LogP contribution in [-0.4, -0.2) is 11.2 Å². The molecule has 0 aromatic rings. The molecule has 0 aliphatic rings. The van der Waals surface area contributed by atoms with Gasteiger partial charge in [-0.2, -0.15) is 5.26 Å². The van der Waals surface area contributed by atoms with E-state index in [1.807, 2.05) is 6.92 Å². The zero-order chi connectivity index (χ0) is 12.9. The van der Waals surface area contributed by atoms with Crippen molar-refractivity contribution in [3.05, 3.63) is 0 Å². The zero-order valence-electron chi connectivity index (χ0n) is 11.4. The number of hydrogen-bond acceptors (Lipinski definition) is 3. The molecule has 0 aliphatic carbocycles. The van der Waals surface area contributed by atoms with Gasteiger partial charge >= 0.3 is 5.97 Å². The van der Waals surface area contributed by atoms with E-state index in [2.05, 4.69) is 11.8 Å². The van der Waals surface area contributed by atoms with E-state index in [4.69, 9.17) is 5.26 Å². The first-order valence-electron chi connectivity index (χ1n) is 7.11. The van der Waals surface area contributed by atoms with Crippen LogP contribution in [0.25, 0.3) is 0 Å². The van der Waals surface area contributed by atoms with Crippen LogP contribution in [0.1, 0.15) is 78.1 Å². The van der Waals surface area contributed by atoms with E-state index in [0.717, 1.165) is 19.3 Å². The molecule has 0 saturated heterocycles. The number of unbranched alkanes of at least 4 members (excludes halogenated alkanes) is 7.